The SMILES string of the molecule is CCOC(C)c1noc(CNC(=NC)N2CC3OCCN(Cc4ccccc4)C3C2)n1.I. The maximum absolute atomic E-state index is 6.09. The van der Waals surface area contributed by atoms with Crippen LogP contribution in [0.4, 0.5) is 0 Å². The van der Waals surface area contributed by atoms with Crippen molar-refractivity contribution in [2.24, 2.45) is 4.99 Å². The molecular weight excluding hydrogens is 523 g/mol. The first-order chi connectivity index (χ1) is 15.2. The largest absolute Gasteiger partial charge is 0.373 e. The Kier molecular flexibility index (Phi) is 9.26. The van der Waals surface area contributed by atoms with Crippen LogP contribution in [0.1, 0.15) is 37.2 Å². The van der Waals surface area contributed by atoms with Crippen molar-refractivity contribution in [3.8, 4) is 0 Å². The zero-order valence-corrected chi connectivity index (χ0v) is 21.3. The van der Waals surface area contributed by atoms with Gasteiger partial charge in [0.15, 0.2) is 11.8 Å². The number of morpholine rings is 1. The van der Waals surface area contributed by atoms with Crippen LogP contribution in [0.5, 0.6) is 0 Å². The number of benzene rings is 1. The molecule has 0 radical (unpaired) electrons. The highest BCUT2D eigenvalue weighted by Crippen LogP contribution is 2.24. The molecule has 4 rings (SSSR count). The van der Waals surface area contributed by atoms with Crippen LogP contribution in [0.2, 0.25) is 0 Å². The van der Waals surface area contributed by atoms with Crippen LogP contribution in [0.3, 0.4) is 0 Å². The summed E-state index contributed by atoms with van der Waals surface area (Å²) in [7, 11) is 1.79. The second-order valence-electron chi connectivity index (χ2n) is 7.88. The molecule has 1 N–H and O–H groups in total. The van der Waals surface area contributed by atoms with E-state index in [1.54, 1.807) is 7.05 Å². The van der Waals surface area contributed by atoms with E-state index in [1.807, 2.05) is 13.8 Å². The molecule has 1 aromatic carbocycles. The van der Waals surface area contributed by atoms with Gasteiger partial charge < -0.3 is 24.2 Å². The third-order valence-corrected chi connectivity index (χ3v) is 5.82. The molecule has 3 unspecified atom stereocenters. The number of halogens is 1. The summed E-state index contributed by atoms with van der Waals surface area (Å²) in [6.45, 7) is 9.21. The van der Waals surface area contributed by atoms with Gasteiger partial charge in [0.2, 0.25) is 5.89 Å². The number of nitrogens with zero attached hydrogens (tertiary/aromatic N) is 5. The number of aromatic nitrogens is 2. The molecule has 3 heterocycles. The number of fused-ring (bicyclic) bond motifs is 1. The van der Waals surface area contributed by atoms with Crippen LogP contribution in [0.15, 0.2) is 39.8 Å². The minimum Gasteiger partial charge on any atom is -0.373 e. The van der Waals surface area contributed by atoms with E-state index in [0.29, 0.717) is 30.9 Å². The summed E-state index contributed by atoms with van der Waals surface area (Å²) in [6.07, 6.45) is -0.00525. The summed E-state index contributed by atoms with van der Waals surface area (Å²) < 4.78 is 17.0. The first-order valence-corrected chi connectivity index (χ1v) is 11.0. The molecule has 2 aromatic rings. The Morgan fingerprint density at radius 2 is 2.12 bits per heavy atom. The van der Waals surface area contributed by atoms with Crippen molar-refractivity contribution in [3.63, 3.8) is 0 Å². The van der Waals surface area contributed by atoms with E-state index in [4.69, 9.17) is 14.0 Å². The highest BCUT2D eigenvalue weighted by molar-refractivity contribution is 14.0. The van der Waals surface area contributed by atoms with Crippen LogP contribution >= 0.6 is 24.0 Å². The molecule has 2 aliphatic rings. The number of guanidine groups is 1. The van der Waals surface area contributed by atoms with E-state index in [9.17, 15) is 0 Å². The van der Waals surface area contributed by atoms with Crippen molar-refractivity contribution in [1.29, 1.82) is 0 Å². The zero-order chi connectivity index (χ0) is 21.6. The van der Waals surface area contributed by atoms with E-state index in [1.165, 1.54) is 5.56 Å². The Labute approximate surface area is 206 Å². The van der Waals surface area contributed by atoms with Crippen LogP contribution in [-0.4, -0.2) is 77.9 Å². The fourth-order valence-electron chi connectivity index (χ4n) is 4.26. The quantitative estimate of drug-likeness (QED) is 0.316. The second kappa shape index (κ2) is 11.9. The molecule has 9 nitrogen and oxygen atoms in total. The third-order valence-electron chi connectivity index (χ3n) is 5.82. The van der Waals surface area contributed by atoms with E-state index in [2.05, 4.69) is 60.6 Å². The minimum absolute atomic E-state index is 0. The number of aliphatic imine (C=N–C) groups is 1. The second-order valence-corrected chi connectivity index (χ2v) is 7.88. The third kappa shape index (κ3) is 5.97. The van der Waals surface area contributed by atoms with Crippen LogP contribution < -0.4 is 5.32 Å². The van der Waals surface area contributed by atoms with Gasteiger partial charge in [-0.05, 0) is 19.4 Å². The smallest absolute Gasteiger partial charge is 0.246 e. The molecule has 1 aromatic heterocycles. The van der Waals surface area contributed by atoms with Gasteiger partial charge in [-0.2, -0.15) is 4.98 Å². The number of ether oxygens (including phenoxy) is 2. The van der Waals surface area contributed by atoms with Gasteiger partial charge in [-0.1, -0.05) is 35.5 Å². The standard InChI is InChI=1S/C22H32N6O3.HI/c1-4-29-16(2)21-25-20(31-26-21)12-24-22(23-3)28-14-18-19(15-28)30-11-10-27(18)13-17-8-6-5-7-9-17;/h5-9,16,18-19H,4,10-15H2,1-3H3,(H,23,24);1H. The maximum Gasteiger partial charge on any atom is 0.246 e. The van der Waals surface area contributed by atoms with Crippen molar-refractivity contribution in [1.82, 2.24) is 25.3 Å². The van der Waals surface area contributed by atoms with Gasteiger partial charge in [0.1, 0.15) is 6.10 Å². The number of rotatable bonds is 7. The lowest BCUT2D eigenvalue weighted by molar-refractivity contribution is -0.0502. The fourth-order valence-corrected chi connectivity index (χ4v) is 4.26. The summed E-state index contributed by atoms with van der Waals surface area (Å²) in [5, 5.41) is 7.36. The van der Waals surface area contributed by atoms with E-state index >= 15 is 0 Å². The highest BCUT2D eigenvalue weighted by Gasteiger charge is 2.41. The number of hydrogen-bond donors (Lipinski definition) is 1. The Morgan fingerprint density at radius 1 is 1.31 bits per heavy atom. The summed E-state index contributed by atoms with van der Waals surface area (Å²) in [5.74, 6) is 1.89. The fraction of sp³-hybridized carbons (Fsp3) is 0.591. The zero-order valence-electron chi connectivity index (χ0n) is 18.9. The lowest BCUT2D eigenvalue weighted by atomic mass is 10.1. The van der Waals surface area contributed by atoms with E-state index in [-0.39, 0.29) is 36.2 Å². The van der Waals surface area contributed by atoms with Crippen molar-refractivity contribution >= 4 is 29.9 Å². The highest BCUT2D eigenvalue weighted by atomic mass is 127. The molecule has 10 heteroatoms. The Balaban J connectivity index is 0.00000289. The topological polar surface area (TPSA) is 88.2 Å². The van der Waals surface area contributed by atoms with Crippen LogP contribution in [-0.2, 0) is 22.6 Å². The average molecular weight is 556 g/mol. The lowest BCUT2D eigenvalue weighted by Crippen LogP contribution is -2.50. The molecule has 0 bridgehead atoms. The molecule has 176 valence electrons. The first-order valence-electron chi connectivity index (χ1n) is 11.0. The Morgan fingerprint density at radius 3 is 2.88 bits per heavy atom. The molecule has 2 fully saturated rings. The molecular formula is C22H33IN6O3. The van der Waals surface area contributed by atoms with Gasteiger partial charge in [-0.25, -0.2) is 0 Å². The van der Waals surface area contributed by atoms with Gasteiger partial charge in [-0.3, -0.25) is 9.89 Å². The maximum atomic E-state index is 6.09. The van der Waals surface area contributed by atoms with Crippen molar-refractivity contribution in [2.75, 3.05) is 39.9 Å². The van der Waals surface area contributed by atoms with Crippen molar-refractivity contribution in [3.05, 3.63) is 47.6 Å². The molecule has 0 amide bonds. The van der Waals surface area contributed by atoms with Gasteiger partial charge in [0.05, 0.1) is 25.3 Å². The summed E-state index contributed by atoms with van der Waals surface area (Å²) >= 11 is 0. The lowest BCUT2D eigenvalue weighted by Gasteiger charge is -2.36. The Hall–Kier alpha value is -1.76. The predicted octanol–water partition coefficient (Wildman–Crippen LogP) is 2.45. The molecule has 0 aliphatic carbocycles. The first kappa shape index (κ1) is 24.9. The molecule has 2 saturated heterocycles. The number of nitrogens with one attached hydrogen (secondary N) is 1. The monoisotopic (exact) mass is 556 g/mol. The minimum atomic E-state index is -0.184. The average Bonchev–Trinajstić information content (AvgIpc) is 3.43. The normalized spacial score (nSPS) is 22.3. The summed E-state index contributed by atoms with van der Waals surface area (Å²) in [4.78, 5) is 13.7. The van der Waals surface area contributed by atoms with E-state index < -0.39 is 0 Å². The molecule has 32 heavy (non-hydrogen) atoms. The molecule has 2 aliphatic heterocycles. The van der Waals surface area contributed by atoms with Crippen LogP contribution in [0.25, 0.3) is 0 Å². The van der Waals surface area contributed by atoms with Gasteiger partial charge in [-0.15, -0.1) is 24.0 Å². The Bertz CT molecular complexity index is 864. The van der Waals surface area contributed by atoms with Gasteiger partial charge >= 0.3 is 0 Å². The molecule has 3 atom stereocenters. The number of hydrogen-bond acceptors (Lipinski definition) is 7. The molecule has 0 saturated carbocycles. The van der Waals surface area contributed by atoms with Gasteiger partial charge in [0.25, 0.3) is 0 Å². The van der Waals surface area contributed by atoms with Crippen LogP contribution in [0, 0.1) is 0 Å². The number of likely N-dealkylation sites (tertiary alicyclic amines) is 1. The summed E-state index contributed by atoms with van der Waals surface area (Å²) in [5.41, 5.74) is 1.33. The molecule has 0 spiro atoms. The van der Waals surface area contributed by atoms with Crippen molar-refractivity contribution in [2.45, 2.75) is 45.2 Å². The van der Waals surface area contributed by atoms with Gasteiger partial charge in [0, 0.05) is 39.8 Å². The van der Waals surface area contributed by atoms with E-state index in [0.717, 1.165) is 38.7 Å². The van der Waals surface area contributed by atoms with Crippen molar-refractivity contribution < 1.29 is 14.0 Å². The summed E-state index contributed by atoms with van der Waals surface area (Å²) in [6, 6.07) is 11.0. The predicted molar refractivity (Wildman–Crippen MR) is 132 cm³/mol.